The van der Waals surface area contributed by atoms with Crippen molar-refractivity contribution in [1.82, 2.24) is 15.2 Å². The molecule has 0 bridgehead atoms. The number of β-lactam (4-membered cyclic amide) rings is 1. The lowest BCUT2D eigenvalue weighted by atomic mass is 10.0. The molecule has 1 fully saturated rings. The molecule has 2 aliphatic rings. The molecule has 138 valence electrons. The van der Waals surface area contributed by atoms with Gasteiger partial charge in [-0.15, -0.1) is 23.1 Å². The van der Waals surface area contributed by atoms with Gasteiger partial charge in [0.1, 0.15) is 29.9 Å². The zero-order valence-electron chi connectivity index (χ0n) is 13.7. The number of carboxylic acid groups (broad SMARTS) is 1. The molecule has 0 radical (unpaired) electrons. The summed E-state index contributed by atoms with van der Waals surface area (Å²) >= 11 is 2.52. The highest BCUT2D eigenvalue weighted by Gasteiger charge is 2.54. The number of thioether (sulfide) groups is 1. The number of hydrogen-bond donors (Lipinski definition) is 3. The van der Waals surface area contributed by atoms with Gasteiger partial charge in [-0.25, -0.2) is 9.78 Å². The lowest BCUT2D eigenvalue weighted by Crippen LogP contribution is -2.71. The molecule has 1 aromatic heterocycles. The van der Waals surface area contributed by atoms with Gasteiger partial charge in [-0.1, -0.05) is 5.16 Å². The number of anilines is 1. The average Bonchev–Trinajstić information content (AvgIpc) is 3.02. The van der Waals surface area contributed by atoms with Gasteiger partial charge in [0.15, 0.2) is 10.8 Å². The number of nitrogens with one attached hydrogen (secondary N) is 1. The molecular formula is C14H15N5O5S2. The number of carbonyl (C=O) groups is 3. The highest BCUT2D eigenvalue weighted by molar-refractivity contribution is 8.00. The second-order valence-corrected chi connectivity index (χ2v) is 7.83. The van der Waals surface area contributed by atoms with Gasteiger partial charge in [-0.05, 0) is 13.0 Å². The predicted octanol–water partition coefficient (Wildman–Crippen LogP) is -0.167. The van der Waals surface area contributed by atoms with E-state index in [1.165, 1.54) is 29.8 Å². The van der Waals surface area contributed by atoms with Crippen LogP contribution in [-0.2, 0) is 19.2 Å². The summed E-state index contributed by atoms with van der Waals surface area (Å²) in [5.74, 6) is -2.33. The highest BCUT2D eigenvalue weighted by atomic mass is 32.2. The Morgan fingerprint density at radius 1 is 1.50 bits per heavy atom. The van der Waals surface area contributed by atoms with Gasteiger partial charge in [-0.2, -0.15) is 0 Å². The number of rotatable bonds is 5. The van der Waals surface area contributed by atoms with Crippen LogP contribution >= 0.6 is 23.1 Å². The highest BCUT2D eigenvalue weighted by Crippen LogP contribution is 2.40. The molecule has 26 heavy (non-hydrogen) atoms. The van der Waals surface area contributed by atoms with Gasteiger partial charge in [0.25, 0.3) is 11.8 Å². The largest absolute Gasteiger partial charge is 0.477 e. The number of nitrogen functional groups attached to an aromatic ring is 1. The molecule has 2 aliphatic heterocycles. The van der Waals surface area contributed by atoms with Crippen LogP contribution in [0.25, 0.3) is 0 Å². The first kappa shape index (κ1) is 18.2. The third-order valence-corrected chi connectivity index (χ3v) is 5.72. The Morgan fingerprint density at radius 2 is 2.23 bits per heavy atom. The van der Waals surface area contributed by atoms with Gasteiger partial charge >= 0.3 is 5.97 Å². The number of carboxylic acids is 1. The van der Waals surface area contributed by atoms with Crippen LogP contribution in [0.3, 0.4) is 0 Å². The van der Waals surface area contributed by atoms with E-state index in [2.05, 4.69) is 20.3 Å². The van der Waals surface area contributed by atoms with E-state index < -0.39 is 29.2 Å². The Balaban J connectivity index is 1.78. The van der Waals surface area contributed by atoms with Crippen molar-refractivity contribution in [3.63, 3.8) is 0 Å². The predicted molar refractivity (Wildman–Crippen MR) is 95.4 cm³/mol. The normalized spacial score (nSPS) is 25.1. The molecule has 2 unspecified atom stereocenters. The fourth-order valence-corrected chi connectivity index (χ4v) is 4.51. The number of nitrogens with two attached hydrogens (primary N) is 1. The van der Waals surface area contributed by atoms with Crippen molar-refractivity contribution < 1.29 is 24.3 Å². The summed E-state index contributed by atoms with van der Waals surface area (Å²) in [4.78, 5) is 46.1. The summed E-state index contributed by atoms with van der Waals surface area (Å²) < 4.78 is 0. The molecule has 1 saturated heterocycles. The molecule has 2 amide bonds. The molecule has 1 aromatic rings. The summed E-state index contributed by atoms with van der Waals surface area (Å²) in [6.07, 6.45) is 1.51. The van der Waals surface area contributed by atoms with Crippen LogP contribution in [0.1, 0.15) is 12.6 Å². The number of thiazole rings is 1. The zero-order chi connectivity index (χ0) is 19.0. The number of hydrogen-bond acceptors (Lipinski definition) is 9. The van der Waals surface area contributed by atoms with E-state index in [1.54, 1.807) is 5.38 Å². The van der Waals surface area contributed by atoms with E-state index in [4.69, 9.17) is 5.73 Å². The number of fused-ring (bicyclic) bond motifs is 1. The lowest BCUT2D eigenvalue weighted by molar-refractivity contribution is -0.150. The Bertz CT molecular complexity index is 835. The van der Waals surface area contributed by atoms with Crippen LogP contribution in [0.15, 0.2) is 22.3 Å². The summed E-state index contributed by atoms with van der Waals surface area (Å²) in [6.45, 7) is 1.82. The van der Waals surface area contributed by atoms with Crippen molar-refractivity contribution in [3.05, 3.63) is 22.8 Å². The summed E-state index contributed by atoms with van der Waals surface area (Å²) in [7, 11) is 1.28. The van der Waals surface area contributed by atoms with Crippen molar-refractivity contribution in [2.45, 2.75) is 23.6 Å². The Hall–Kier alpha value is -2.60. The summed E-state index contributed by atoms with van der Waals surface area (Å²) in [6, 6.07) is -0.865. The molecule has 3 rings (SSSR count). The Morgan fingerprint density at radius 3 is 2.81 bits per heavy atom. The molecule has 0 aliphatic carbocycles. The smallest absolute Gasteiger partial charge is 0.352 e. The van der Waals surface area contributed by atoms with E-state index in [-0.39, 0.29) is 27.5 Å². The van der Waals surface area contributed by atoms with Crippen LogP contribution < -0.4 is 11.1 Å². The van der Waals surface area contributed by atoms with Crippen molar-refractivity contribution in [3.8, 4) is 0 Å². The van der Waals surface area contributed by atoms with Crippen LogP contribution in [0.2, 0.25) is 0 Å². The first-order valence-electron chi connectivity index (χ1n) is 7.40. The number of nitrogens with zero attached hydrogens (tertiary/aromatic N) is 3. The van der Waals surface area contributed by atoms with Crippen LogP contribution in [0.4, 0.5) is 5.13 Å². The molecule has 3 atom stereocenters. The number of carbonyl (C=O) groups excluding carboxylic acids is 2. The molecule has 12 heteroatoms. The first-order chi connectivity index (χ1) is 12.3. The van der Waals surface area contributed by atoms with E-state index in [9.17, 15) is 19.5 Å². The number of oxime groups is 1. The number of amides is 2. The Kier molecular flexibility index (Phi) is 4.87. The van der Waals surface area contributed by atoms with Crippen molar-refractivity contribution >= 4 is 51.7 Å². The lowest BCUT2D eigenvalue weighted by Gasteiger charge is -2.49. The van der Waals surface area contributed by atoms with Crippen LogP contribution in [-0.4, -0.2) is 62.3 Å². The fourth-order valence-electron chi connectivity index (χ4n) is 2.63. The molecule has 0 saturated carbocycles. The van der Waals surface area contributed by atoms with Gasteiger partial charge < -0.3 is 21.0 Å². The van der Waals surface area contributed by atoms with Gasteiger partial charge in [-0.3, -0.25) is 14.5 Å². The maximum absolute atomic E-state index is 12.6. The second kappa shape index (κ2) is 6.96. The number of aliphatic carboxylic acids is 1. The monoisotopic (exact) mass is 397 g/mol. The quantitative estimate of drug-likeness (QED) is 0.352. The third kappa shape index (κ3) is 3.12. The molecule has 0 spiro atoms. The maximum atomic E-state index is 12.6. The molecular weight excluding hydrogens is 382 g/mol. The minimum atomic E-state index is -1.18. The van der Waals surface area contributed by atoms with E-state index in [1.807, 2.05) is 6.92 Å². The van der Waals surface area contributed by atoms with E-state index >= 15 is 0 Å². The van der Waals surface area contributed by atoms with E-state index in [0.717, 1.165) is 11.3 Å². The SMILES string of the molecule is CON=C(C(=O)NC1C(=O)N2C(C(=O)O)=CC(C)S[C@@H]12)c1csc(N)n1. The summed E-state index contributed by atoms with van der Waals surface area (Å²) in [5.41, 5.74) is 5.61. The molecule has 3 heterocycles. The second-order valence-electron chi connectivity index (χ2n) is 5.44. The van der Waals surface area contributed by atoms with Gasteiger partial charge in [0, 0.05) is 10.6 Å². The van der Waals surface area contributed by atoms with E-state index in [0.29, 0.717) is 0 Å². The standard InChI is InChI=1S/C14H15N5O5S2/c1-5-3-7(13(22)23)19-11(21)9(12(19)26-5)17-10(20)8(18-24-2)6-4-25-14(15)16-6/h3-5,9,12H,1-2H3,(H2,15,16)(H,17,20)(H,22,23)/t5?,9?,12-/m0/s1. The fraction of sp³-hybridized carbons (Fsp3) is 0.357. The van der Waals surface area contributed by atoms with Gasteiger partial charge in [0.05, 0.1) is 0 Å². The maximum Gasteiger partial charge on any atom is 0.352 e. The van der Waals surface area contributed by atoms with Crippen molar-refractivity contribution in [2.24, 2.45) is 5.16 Å². The molecule has 0 aromatic carbocycles. The topological polar surface area (TPSA) is 147 Å². The Labute approximate surface area is 156 Å². The minimum absolute atomic E-state index is 0.0743. The van der Waals surface area contributed by atoms with Crippen molar-refractivity contribution in [1.29, 1.82) is 0 Å². The van der Waals surface area contributed by atoms with Crippen LogP contribution in [0, 0.1) is 0 Å². The van der Waals surface area contributed by atoms with Crippen molar-refractivity contribution in [2.75, 3.05) is 12.8 Å². The minimum Gasteiger partial charge on any atom is -0.477 e. The summed E-state index contributed by atoms with van der Waals surface area (Å²) in [5, 5.41) is 16.7. The third-order valence-electron chi connectivity index (χ3n) is 3.72. The van der Waals surface area contributed by atoms with Gasteiger partial charge in [0.2, 0.25) is 0 Å². The van der Waals surface area contributed by atoms with Crippen LogP contribution in [0.5, 0.6) is 0 Å². The number of aromatic nitrogens is 1. The molecule has 10 nitrogen and oxygen atoms in total. The zero-order valence-corrected chi connectivity index (χ0v) is 15.3. The molecule has 4 N–H and O–H groups in total. The average molecular weight is 397 g/mol. The first-order valence-corrected chi connectivity index (χ1v) is 9.22.